The Labute approximate surface area is 185 Å². The summed E-state index contributed by atoms with van der Waals surface area (Å²) in [5.74, 6) is 0.622. The van der Waals surface area contributed by atoms with Crippen molar-refractivity contribution >= 4 is 33.9 Å². The molecular formula is C25H24N4O3. The average Bonchev–Trinajstić information content (AvgIpc) is 3.23. The van der Waals surface area contributed by atoms with Crippen LogP contribution in [0.15, 0.2) is 67.0 Å². The van der Waals surface area contributed by atoms with Crippen molar-refractivity contribution in [1.82, 2.24) is 9.97 Å². The Morgan fingerprint density at radius 3 is 2.88 bits per heavy atom. The first-order chi connectivity index (χ1) is 15.6. The number of para-hydroxylation sites is 1. The van der Waals surface area contributed by atoms with Gasteiger partial charge in [0.1, 0.15) is 5.75 Å². The predicted octanol–water partition coefficient (Wildman–Crippen LogP) is 4.16. The lowest BCUT2D eigenvalue weighted by Gasteiger charge is -2.33. The van der Waals surface area contributed by atoms with Crippen molar-refractivity contribution in [3.8, 4) is 5.75 Å². The second-order valence-corrected chi connectivity index (χ2v) is 7.86. The molecule has 1 unspecified atom stereocenters. The normalized spacial score (nSPS) is 15.5. The van der Waals surface area contributed by atoms with Gasteiger partial charge in [0, 0.05) is 47.3 Å². The van der Waals surface area contributed by atoms with Crippen LogP contribution in [0.1, 0.15) is 18.2 Å². The maximum Gasteiger partial charge on any atom is 0.267 e. The second-order valence-electron chi connectivity index (χ2n) is 7.86. The van der Waals surface area contributed by atoms with E-state index in [1.165, 1.54) is 10.9 Å². The van der Waals surface area contributed by atoms with Gasteiger partial charge in [0.05, 0.1) is 18.0 Å². The number of ether oxygens (including phenoxy) is 1. The SMILES string of the molecule is CC1Oc2cc(Nc3ccnc(CO)c3)ccc2N(CCc2c[nH]c3ccccc23)C1=O. The number of amides is 1. The molecule has 3 heterocycles. The first-order valence-corrected chi connectivity index (χ1v) is 10.6. The number of pyridine rings is 1. The number of benzene rings is 2. The first-order valence-electron chi connectivity index (χ1n) is 10.6. The molecule has 1 aliphatic heterocycles. The van der Waals surface area contributed by atoms with Gasteiger partial charge in [-0.05, 0) is 49.2 Å². The molecule has 1 amide bonds. The monoisotopic (exact) mass is 428 g/mol. The van der Waals surface area contributed by atoms with Gasteiger partial charge >= 0.3 is 0 Å². The minimum absolute atomic E-state index is 0.0419. The molecule has 0 saturated carbocycles. The Hall–Kier alpha value is -3.84. The van der Waals surface area contributed by atoms with Crippen molar-refractivity contribution < 1.29 is 14.6 Å². The molecule has 5 rings (SSSR count). The van der Waals surface area contributed by atoms with Crippen LogP contribution in [0.25, 0.3) is 10.9 Å². The molecule has 1 aliphatic rings. The number of hydrogen-bond donors (Lipinski definition) is 3. The molecule has 0 aliphatic carbocycles. The van der Waals surface area contributed by atoms with Gasteiger partial charge in [0.15, 0.2) is 6.10 Å². The number of nitrogens with zero attached hydrogens (tertiary/aromatic N) is 2. The molecule has 32 heavy (non-hydrogen) atoms. The van der Waals surface area contributed by atoms with Crippen LogP contribution in [0, 0.1) is 0 Å². The molecule has 0 radical (unpaired) electrons. The molecule has 4 aromatic rings. The fourth-order valence-electron chi connectivity index (χ4n) is 4.10. The lowest BCUT2D eigenvalue weighted by Crippen LogP contribution is -2.45. The number of carbonyl (C=O) groups excluding carboxylic acids is 1. The molecule has 162 valence electrons. The Kier molecular flexibility index (Phi) is 5.25. The zero-order valence-electron chi connectivity index (χ0n) is 17.7. The van der Waals surface area contributed by atoms with E-state index in [2.05, 4.69) is 27.4 Å². The standard InChI is InChI=1S/C25H24N4O3/c1-16-25(31)29(11-9-17-14-27-22-5-3-2-4-21(17)22)23-7-6-18(13-24(23)32-16)28-19-8-10-26-20(12-19)15-30/h2-8,10,12-14,16,27,30H,9,11,15H2,1H3,(H,26,28). The average molecular weight is 428 g/mol. The van der Waals surface area contributed by atoms with E-state index < -0.39 is 6.10 Å². The smallest absolute Gasteiger partial charge is 0.267 e. The molecule has 3 N–H and O–H groups in total. The summed E-state index contributed by atoms with van der Waals surface area (Å²) in [6, 6.07) is 17.5. The van der Waals surface area contributed by atoms with Gasteiger partial charge in [0.2, 0.25) is 0 Å². The minimum atomic E-state index is -0.553. The number of aromatic nitrogens is 2. The van der Waals surface area contributed by atoms with E-state index in [9.17, 15) is 9.90 Å². The molecule has 0 fully saturated rings. The number of H-pyrrole nitrogens is 1. The summed E-state index contributed by atoms with van der Waals surface area (Å²) in [6.07, 6.45) is 3.85. The molecule has 0 bridgehead atoms. The fourth-order valence-corrected chi connectivity index (χ4v) is 4.10. The highest BCUT2D eigenvalue weighted by Crippen LogP contribution is 2.37. The van der Waals surface area contributed by atoms with Crippen LogP contribution >= 0.6 is 0 Å². The summed E-state index contributed by atoms with van der Waals surface area (Å²) in [5, 5.41) is 13.8. The number of anilines is 3. The quantitative estimate of drug-likeness (QED) is 0.429. The molecule has 0 saturated heterocycles. The third kappa shape index (κ3) is 3.78. The second kappa shape index (κ2) is 8.36. The summed E-state index contributed by atoms with van der Waals surface area (Å²) in [7, 11) is 0. The molecule has 2 aromatic carbocycles. The maximum absolute atomic E-state index is 12.9. The van der Waals surface area contributed by atoms with Gasteiger partial charge < -0.3 is 25.0 Å². The van der Waals surface area contributed by atoms with E-state index >= 15 is 0 Å². The molecule has 7 nitrogen and oxygen atoms in total. The van der Waals surface area contributed by atoms with Gasteiger partial charge in [-0.3, -0.25) is 9.78 Å². The van der Waals surface area contributed by atoms with Crippen LogP contribution in [-0.2, 0) is 17.8 Å². The number of rotatable bonds is 6. The van der Waals surface area contributed by atoms with E-state index in [-0.39, 0.29) is 12.5 Å². The van der Waals surface area contributed by atoms with Gasteiger partial charge in [0.25, 0.3) is 5.91 Å². The Bertz CT molecular complexity index is 1280. The van der Waals surface area contributed by atoms with E-state index in [1.807, 2.05) is 47.5 Å². The molecule has 7 heteroatoms. The highest BCUT2D eigenvalue weighted by Gasteiger charge is 2.31. The summed E-state index contributed by atoms with van der Waals surface area (Å²) in [5.41, 5.74) is 5.29. The molecule has 0 spiro atoms. The first kappa shape index (κ1) is 20.1. The molecular weight excluding hydrogens is 404 g/mol. The van der Waals surface area contributed by atoms with Gasteiger partial charge in [-0.15, -0.1) is 0 Å². The number of fused-ring (bicyclic) bond motifs is 2. The van der Waals surface area contributed by atoms with Crippen LogP contribution in [-0.4, -0.2) is 33.6 Å². The van der Waals surface area contributed by atoms with Crippen molar-refractivity contribution in [2.24, 2.45) is 0 Å². The molecule has 1 atom stereocenters. The van der Waals surface area contributed by atoms with Crippen LogP contribution in [0.3, 0.4) is 0 Å². The van der Waals surface area contributed by atoms with Crippen molar-refractivity contribution in [2.75, 3.05) is 16.8 Å². The minimum Gasteiger partial charge on any atom is -0.479 e. The van der Waals surface area contributed by atoms with Crippen molar-refractivity contribution in [1.29, 1.82) is 0 Å². The third-order valence-corrected chi connectivity index (χ3v) is 5.72. The number of nitrogens with one attached hydrogen (secondary N) is 2. The third-order valence-electron chi connectivity index (χ3n) is 5.72. The fraction of sp³-hybridized carbons (Fsp3) is 0.200. The number of aliphatic hydroxyl groups excluding tert-OH is 1. The van der Waals surface area contributed by atoms with Crippen molar-refractivity contribution in [3.63, 3.8) is 0 Å². The van der Waals surface area contributed by atoms with Gasteiger partial charge in [-0.1, -0.05) is 18.2 Å². The van der Waals surface area contributed by atoms with Gasteiger partial charge in [-0.2, -0.15) is 0 Å². The van der Waals surface area contributed by atoms with Crippen molar-refractivity contribution in [2.45, 2.75) is 26.1 Å². The Morgan fingerprint density at radius 2 is 2.00 bits per heavy atom. The summed E-state index contributed by atoms with van der Waals surface area (Å²) < 4.78 is 5.92. The number of aliphatic hydroxyl groups is 1. The molecule has 2 aromatic heterocycles. The Morgan fingerprint density at radius 1 is 1.16 bits per heavy atom. The summed E-state index contributed by atoms with van der Waals surface area (Å²) >= 11 is 0. The number of aromatic amines is 1. The van der Waals surface area contributed by atoms with Crippen molar-refractivity contribution in [3.05, 3.63) is 78.2 Å². The Balaban J connectivity index is 1.38. The lowest BCUT2D eigenvalue weighted by atomic mass is 10.1. The van der Waals surface area contributed by atoms with Crippen LogP contribution in [0.4, 0.5) is 17.1 Å². The highest BCUT2D eigenvalue weighted by atomic mass is 16.5. The predicted molar refractivity (Wildman–Crippen MR) is 124 cm³/mol. The number of carbonyl (C=O) groups is 1. The number of hydrogen-bond acceptors (Lipinski definition) is 5. The maximum atomic E-state index is 12.9. The zero-order valence-corrected chi connectivity index (χ0v) is 17.7. The summed E-state index contributed by atoms with van der Waals surface area (Å²) in [4.78, 5) is 22.1. The van der Waals surface area contributed by atoms with Crippen LogP contribution in [0.5, 0.6) is 5.75 Å². The van der Waals surface area contributed by atoms with E-state index in [0.717, 1.165) is 29.0 Å². The van der Waals surface area contributed by atoms with E-state index in [0.29, 0.717) is 18.0 Å². The van der Waals surface area contributed by atoms with E-state index in [4.69, 9.17) is 4.74 Å². The topological polar surface area (TPSA) is 90.5 Å². The van der Waals surface area contributed by atoms with Gasteiger partial charge in [-0.25, -0.2) is 0 Å². The largest absolute Gasteiger partial charge is 0.479 e. The van der Waals surface area contributed by atoms with Crippen LogP contribution < -0.4 is 15.0 Å². The van der Waals surface area contributed by atoms with Crippen LogP contribution in [0.2, 0.25) is 0 Å². The van der Waals surface area contributed by atoms with E-state index in [1.54, 1.807) is 19.2 Å². The zero-order chi connectivity index (χ0) is 22.1. The lowest BCUT2D eigenvalue weighted by molar-refractivity contribution is -0.125. The highest BCUT2D eigenvalue weighted by molar-refractivity contribution is 6.00. The summed E-state index contributed by atoms with van der Waals surface area (Å²) in [6.45, 7) is 2.23.